The maximum atomic E-state index is 12.3. The van der Waals surface area contributed by atoms with E-state index in [-0.39, 0.29) is 24.2 Å². The van der Waals surface area contributed by atoms with E-state index in [0.717, 1.165) is 12.8 Å². The molecule has 0 radical (unpaired) electrons. The van der Waals surface area contributed by atoms with Gasteiger partial charge >= 0.3 is 0 Å². The Bertz CT molecular complexity index is 329. The summed E-state index contributed by atoms with van der Waals surface area (Å²) in [5.74, 6) is 0.129. The van der Waals surface area contributed by atoms with Gasteiger partial charge in [-0.1, -0.05) is 20.3 Å². The van der Waals surface area contributed by atoms with E-state index >= 15 is 0 Å². The highest BCUT2D eigenvalue weighted by Gasteiger charge is 2.52. The van der Waals surface area contributed by atoms with Crippen LogP contribution < -0.4 is 0 Å². The lowest BCUT2D eigenvalue weighted by Gasteiger charge is -2.29. The molecule has 1 amide bonds. The minimum Gasteiger partial charge on any atom is -0.342 e. The van der Waals surface area contributed by atoms with Crippen LogP contribution in [-0.4, -0.2) is 41.4 Å². The van der Waals surface area contributed by atoms with Gasteiger partial charge in [-0.15, -0.1) is 0 Å². The summed E-state index contributed by atoms with van der Waals surface area (Å²) in [5, 5.41) is 0. The van der Waals surface area contributed by atoms with Crippen LogP contribution >= 0.6 is 0 Å². The first-order valence-electron chi connectivity index (χ1n) is 7.00. The molecule has 4 heteroatoms. The van der Waals surface area contributed by atoms with Crippen LogP contribution in [-0.2, 0) is 14.3 Å². The molecule has 2 rings (SSSR count). The number of ether oxygens (including phenoxy) is 2. The van der Waals surface area contributed by atoms with Gasteiger partial charge in [-0.2, -0.15) is 0 Å². The molecular weight excluding hydrogens is 230 g/mol. The second-order valence-electron chi connectivity index (χ2n) is 6.18. The summed E-state index contributed by atoms with van der Waals surface area (Å²) in [4.78, 5) is 14.2. The Kier molecular flexibility index (Phi) is 3.70. The lowest BCUT2D eigenvalue weighted by atomic mass is 9.99. The molecule has 4 atom stereocenters. The fourth-order valence-corrected chi connectivity index (χ4v) is 2.90. The average molecular weight is 255 g/mol. The number of likely N-dealkylation sites (tertiary alicyclic amines) is 1. The van der Waals surface area contributed by atoms with Gasteiger partial charge in [0.15, 0.2) is 11.9 Å². The van der Waals surface area contributed by atoms with Crippen molar-refractivity contribution in [2.24, 2.45) is 5.92 Å². The predicted molar refractivity (Wildman–Crippen MR) is 69.1 cm³/mol. The summed E-state index contributed by atoms with van der Waals surface area (Å²) in [7, 11) is 0. The van der Waals surface area contributed by atoms with E-state index in [1.165, 1.54) is 0 Å². The molecule has 0 spiro atoms. The number of carbonyl (C=O) groups is 1. The lowest BCUT2D eigenvalue weighted by molar-refractivity contribution is -0.170. The third-order valence-electron chi connectivity index (χ3n) is 4.06. The van der Waals surface area contributed by atoms with E-state index in [9.17, 15) is 4.79 Å². The van der Waals surface area contributed by atoms with Crippen molar-refractivity contribution in [3.05, 3.63) is 0 Å². The Morgan fingerprint density at radius 1 is 1.39 bits per heavy atom. The Morgan fingerprint density at radius 2 is 2.06 bits per heavy atom. The van der Waals surface area contributed by atoms with Crippen LogP contribution in [0.2, 0.25) is 0 Å². The summed E-state index contributed by atoms with van der Waals surface area (Å²) in [6, 6.07) is 0.272. The van der Waals surface area contributed by atoms with Gasteiger partial charge in [-0.3, -0.25) is 4.79 Å². The van der Waals surface area contributed by atoms with Crippen LogP contribution in [0, 0.1) is 5.92 Å². The van der Waals surface area contributed by atoms with Gasteiger partial charge in [0.25, 0.3) is 5.91 Å². The van der Waals surface area contributed by atoms with E-state index in [2.05, 4.69) is 20.8 Å². The summed E-state index contributed by atoms with van der Waals surface area (Å²) < 4.78 is 11.5. The van der Waals surface area contributed by atoms with Crippen molar-refractivity contribution in [3.63, 3.8) is 0 Å². The maximum absolute atomic E-state index is 12.3. The Balaban J connectivity index is 1.97. The van der Waals surface area contributed by atoms with Crippen molar-refractivity contribution in [3.8, 4) is 0 Å². The summed E-state index contributed by atoms with van der Waals surface area (Å²) >= 11 is 0. The first-order valence-corrected chi connectivity index (χ1v) is 7.00. The number of carbonyl (C=O) groups excluding carboxylic acids is 1. The van der Waals surface area contributed by atoms with Gasteiger partial charge in [-0.25, -0.2) is 0 Å². The molecule has 2 fully saturated rings. The molecule has 2 aliphatic heterocycles. The molecule has 0 aromatic carbocycles. The molecule has 0 N–H and O–H groups in total. The first-order chi connectivity index (χ1) is 8.34. The van der Waals surface area contributed by atoms with Crippen molar-refractivity contribution >= 4 is 5.91 Å². The zero-order valence-corrected chi connectivity index (χ0v) is 12.1. The van der Waals surface area contributed by atoms with E-state index < -0.39 is 5.79 Å². The third-order valence-corrected chi connectivity index (χ3v) is 4.06. The monoisotopic (exact) mass is 255 g/mol. The van der Waals surface area contributed by atoms with Gasteiger partial charge in [0, 0.05) is 6.04 Å². The highest BCUT2D eigenvalue weighted by atomic mass is 16.8. The van der Waals surface area contributed by atoms with Gasteiger partial charge in [0.1, 0.15) is 6.10 Å². The van der Waals surface area contributed by atoms with Gasteiger partial charge in [-0.05, 0) is 33.1 Å². The first kappa shape index (κ1) is 13.8. The molecule has 104 valence electrons. The Labute approximate surface area is 110 Å². The molecule has 0 aromatic heterocycles. The van der Waals surface area contributed by atoms with Crippen LogP contribution in [0.1, 0.15) is 47.5 Å². The minimum absolute atomic E-state index is 0.0908. The van der Waals surface area contributed by atoms with Crippen molar-refractivity contribution in [2.75, 3.05) is 6.54 Å². The van der Waals surface area contributed by atoms with Crippen LogP contribution in [0.5, 0.6) is 0 Å². The summed E-state index contributed by atoms with van der Waals surface area (Å²) in [6.07, 6.45) is 1.72. The number of amides is 1. The highest BCUT2D eigenvalue weighted by Crippen LogP contribution is 2.35. The largest absolute Gasteiger partial charge is 0.342 e. The van der Waals surface area contributed by atoms with Crippen molar-refractivity contribution in [2.45, 2.75) is 71.5 Å². The smallest absolute Gasteiger partial charge is 0.254 e. The van der Waals surface area contributed by atoms with Crippen molar-refractivity contribution in [1.82, 2.24) is 4.90 Å². The maximum Gasteiger partial charge on any atom is 0.254 e. The topological polar surface area (TPSA) is 38.8 Å². The Morgan fingerprint density at radius 3 is 2.61 bits per heavy atom. The van der Waals surface area contributed by atoms with Crippen LogP contribution in [0.4, 0.5) is 0 Å². The Hall–Kier alpha value is -0.610. The predicted octanol–water partition coefficient (Wildman–Crippen LogP) is 2.17. The molecule has 4 nitrogen and oxygen atoms in total. The average Bonchev–Trinajstić information content (AvgIpc) is 2.73. The SMILES string of the molecule is CCC(C)CC(C)N1C[C@@H]2OC(C)(C)O[C@@H]2C1=O. The van der Waals surface area contributed by atoms with Crippen molar-refractivity contribution in [1.29, 1.82) is 0 Å². The van der Waals surface area contributed by atoms with E-state index in [1.807, 2.05) is 18.7 Å². The van der Waals surface area contributed by atoms with Gasteiger partial charge in [0.2, 0.25) is 0 Å². The van der Waals surface area contributed by atoms with Crippen molar-refractivity contribution < 1.29 is 14.3 Å². The highest BCUT2D eigenvalue weighted by molar-refractivity contribution is 5.84. The number of fused-ring (bicyclic) bond motifs is 1. The van der Waals surface area contributed by atoms with Crippen LogP contribution in [0.25, 0.3) is 0 Å². The van der Waals surface area contributed by atoms with E-state index in [1.54, 1.807) is 0 Å². The lowest BCUT2D eigenvalue weighted by Crippen LogP contribution is -2.40. The molecule has 0 saturated carbocycles. The summed E-state index contributed by atoms with van der Waals surface area (Å²) in [6.45, 7) is 10.9. The molecule has 2 aliphatic rings. The van der Waals surface area contributed by atoms with Gasteiger partial charge < -0.3 is 14.4 Å². The number of nitrogens with zero attached hydrogens (tertiary/aromatic N) is 1. The quantitative estimate of drug-likeness (QED) is 0.773. The fraction of sp³-hybridized carbons (Fsp3) is 0.929. The minimum atomic E-state index is -0.614. The second kappa shape index (κ2) is 4.82. The standard InChI is InChI=1S/C14H25NO3/c1-6-9(2)7-10(3)15-8-11-12(13(15)16)18-14(4,5)17-11/h9-12H,6-8H2,1-5H3/t9?,10?,11-,12-/m0/s1. The molecular formula is C14H25NO3. The third kappa shape index (κ3) is 2.54. The van der Waals surface area contributed by atoms with Gasteiger partial charge in [0.05, 0.1) is 6.54 Å². The number of hydrogen-bond donors (Lipinski definition) is 0. The molecule has 0 aliphatic carbocycles. The van der Waals surface area contributed by atoms with E-state index in [0.29, 0.717) is 12.5 Å². The van der Waals surface area contributed by atoms with E-state index in [4.69, 9.17) is 9.47 Å². The zero-order chi connectivity index (χ0) is 13.5. The molecule has 2 unspecified atom stereocenters. The fourth-order valence-electron chi connectivity index (χ4n) is 2.90. The van der Waals surface area contributed by atoms with Crippen LogP contribution in [0.3, 0.4) is 0 Å². The van der Waals surface area contributed by atoms with Crippen LogP contribution in [0.15, 0.2) is 0 Å². The summed E-state index contributed by atoms with van der Waals surface area (Å²) in [5.41, 5.74) is 0. The molecule has 2 heterocycles. The molecule has 0 bridgehead atoms. The number of rotatable bonds is 4. The molecule has 0 aromatic rings. The molecule has 18 heavy (non-hydrogen) atoms. The molecule has 2 saturated heterocycles. The normalized spacial score (nSPS) is 33.6. The zero-order valence-electron chi connectivity index (χ0n) is 12.1. The number of hydrogen-bond acceptors (Lipinski definition) is 3. The second-order valence-corrected chi connectivity index (χ2v) is 6.18.